The molecule has 0 aromatic heterocycles. The molecule has 3 fully saturated rings. The van der Waals surface area contributed by atoms with Gasteiger partial charge in [-0.05, 0) is 24.3 Å². The number of ether oxygens (including phenoxy) is 2. The molecule has 0 radical (unpaired) electrons. The van der Waals surface area contributed by atoms with Crippen LogP contribution in [0.5, 0.6) is 0 Å². The van der Waals surface area contributed by atoms with Gasteiger partial charge >= 0.3 is 0 Å². The van der Waals surface area contributed by atoms with Crippen molar-refractivity contribution in [2.24, 2.45) is 0 Å². The SMILES string of the molecule is O=C(CN1CCOCC1)N1CCN(C(=O)c2ccc(S(=O)(=O)N3CCOCC3)cc2)CC1. The van der Waals surface area contributed by atoms with Crippen molar-refractivity contribution in [2.45, 2.75) is 4.90 Å². The van der Waals surface area contributed by atoms with E-state index in [0.29, 0.717) is 77.8 Å². The molecule has 1 aromatic rings. The molecule has 0 bridgehead atoms. The zero-order valence-corrected chi connectivity index (χ0v) is 19.0. The first-order chi connectivity index (χ1) is 15.4. The number of carbonyl (C=O) groups is 2. The number of carbonyl (C=O) groups excluding carboxylic acids is 2. The summed E-state index contributed by atoms with van der Waals surface area (Å²) in [6.07, 6.45) is 0. The Labute approximate surface area is 188 Å². The Bertz CT molecular complexity index is 903. The van der Waals surface area contributed by atoms with Crippen LogP contribution in [0.4, 0.5) is 0 Å². The van der Waals surface area contributed by atoms with Gasteiger partial charge in [0.25, 0.3) is 5.91 Å². The number of amides is 2. The Morgan fingerprint density at radius 2 is 1.28 bits per heavy atom. The zero-order chi connectivity index (χ0) is 22.6. The normalized spacial score (nSPS) is 21.5. The van der Waals surface area contributed by atoms with E-state index in [1.807, 2.05) is 0 Å². The van der Waals surface area contributed by atoms with Gasteiger partial charge in [0.15, 0.2) is 0 Å². The van der Waals surface area contributed by atoms with Crippen LogP contribution in [0.3, 0.4) is 0 Å². The van der Waals surface area contributed by atoms with Crippen LogP contribution >= 0.6 is 0 Å². The molecule has 0 aliphatic carbocycles. The lowest BCUT2D eigenvalue weighted by Gasteiger charge is -2.36. The van der Waals surface area contributed by atoms with E-state index in [9.17, 15) is 18.0 Å². The second kappa shape index (κ2) is 10.3. The van der Waals surface area contributed by atoms with Crippen molar-refractivity contribution in [1.82, 2.24) is 19.0 Å². The molecule has 4 rings (SSSR count). The fraction of sp³-hybridized carbons (Fsp3) is 0.619. The summed E-state index contributed by atoms with van der Waals surface area (Å²) in [5.41, 5.74) is 0.444. The van der Waals surface area contributed by atoms with Gasteiger partial charge in [-0.25, -0.2) is 8.42 Å². The molecule has 3 aliphatic rings. The Balaban J connectivity index is 1.30. The predicted molar refractivity (Wildman–Crippen MR) is 116 cm³/mol. The second-order valence-electron chi connectivity index (χ2n) is 8.10. The van der Waals surface area contributed by atoms with Crippen LogP contribution in [0.25, 0.3) is 0 Å². The van der Waals surface area contributed by atoms with E-state index in [1.165, 1.54) is 16.4 Å². The molecule has 0 N–H and O–H groups in total. The standard InChI is InChI=1S/C21H30N4O6S/c26-20(17-22-9-13-30-14-10-22)23-5-7-24(8-6-23)21(27)18-1-3-19(4-2-18)32(28,29)25-11-15-31-16-12-25/h1-4H,5-17H2. The Morgan fingerprint density at radius 1 is 0.750 bits per heavy atom. The molecule has 0 unspecified atom stereocenters. The molecule has 0 saturated carbocycles. The van der Waals surface area contributed by atoms with Crippen molar-refractivity contribution in [3.8, 4) is 0 Å². The summed E-state index contributed by atoms with van der Waals surface area (Å²) in [5, 5.41) is 0. The number of sulfonamides is 1. The first-order valence-corrected chi connectivity index (χ1v) is 12.4. The van der Waals surface area contributed by atoms with Gasteiger partial charge in [-0.3, -0.25) is 14.5 Å². The van der Waals surface area contributed by atoms with Gasteiger partial charge in [0.05, 0.1) is 37.9 Å². The lowest BCUT2D eigenvalue weighted by Crippen LogP contribution is -2.53. The number of piperazine rings is 1. The second-order valence-corrected chi connectivity index (χ2v) is 10.0. The molecule has 32 heavy (non-hydrogen) atoms. The lowest BCUT2D eigenvalue weighted by atomic mass is 10.2. The minimum absolute atomic E-state index is 0.0803. The van der Waals surface area contributed by atoms with Crippen molar-refractivity contribution in [3.05, 3.63) is 29.8 Å². The summed E-state index contributed by atoms with van der Waals surface area (Å²) in [4.78, 5) is 31.2. The van der Waals surface area contributed by atoms with Crippen molar-refractivity contribution in [2.75, 3.05) is 85.3 Å². The topological polar surface area (TPSA) is 99.7 Å². The third kappa shape index (κ3) is 5.29. The summed E-state index contributed by atoms with van der Waals surface area (Å²) < 4.78 is 37.4. The molecule has 3 heterocycles. The Hall–Kier alpha value is -2.05. The van der Waals surface area contributed by atoms with E-state index in [-0.39, 0.29) is 16.7 Å². The van der Waals surface area contributed by atoms with Gasteiger partial charge < -0.3 is 19.3 Å². The molecular formula is C21H30N4O6S. The van der Waals surface area contributed by atoms with Crippen LogP contribution in [0, 0.1) is 0 Å². The molecule has 10 nitrogen and oxygen atoms in total. The minimum Gasteiger partial charge on any atom is -0.379 e. The average molecular weight is 467 g/mol. The van der Waals surface area contributed by atoms with Crippen LogP contribution in [0.2, 0.25) is 0 Å². The van der Waals surface area contributed by atoms with E-state index in [0.717, 1.165) is 13.1 Å². The van der Waals surface area contributed by atoms with Crippen LogP contribution in [0.15, 0.2) is 29.2 Å². The zero-order valence-electron chi connectivity index (χ0n) is 18.1. The average Bonchev–Trinajstić information content (AvgIpc) is 2.85. The summed E-state index contributed by atoms with van der Waals surface area (Å²) in [6.45, 7) is 6.58. The van der Waals surface area contributed by atoms with Crippen molar-refractivity contribution in [3.63, 3.8) is 0 Å². The fourth-order valence-electron chi connectivity index (χ4n) is 4.10. The Morgan fingerprint density at radius 3 is 1.88 bits per heavy atom. The first kappa shape index (κ1) is 23.1. The molecule has 3 saturated heterocycles. The maximum atomic E-state index is 12.9. The van der Waals surface area contributed by atoms with Gasteiger partial charge in [-0.15, -0.1) is 0 Å². The largest absolute Gasteiger partial charge is 0.379 e. The minimum atomic E-state index is -3.59. The summed E-state index contributed by atoms with van der Waals surface area (Å²) in [6, 6.07) is 6.09. The lowest BCUT2D eigenvalue weighted by molar-refractivity contribution is -0.134. The van der Waals surface area contributed by atoms with Gasteiger partial charge in [-0.2, -0.15) is 4.31 Å². The predicted octanol–water partition coefficient (Wildman–Crippen LogP) is -0.676. The molecule has 11 heteroatoms. The van der Waals surface area contributed by atoms with Crippen molar-refractivity contribution in [1.29, 1.82) is 0 Å². The highest BCUT2D eigenvalue weighted by atomic mass is 32.2. The fourth-order valence-corrected chi connectivity index (χ4v) is 5.51. The van der Waals surface area contributed by atoms with Gasteiger partial charge in [-0.1, -0.05) is 0 Å². The van der Waals surface area contributed by atoms with E-state index in [2.05, 4.69) is 4.90 Å². The smallest absolute Gasteiger partial charge is 0.253 e. The van der Waals surface area contributed by atoms with Crippen molar-refractivity contribution >= 4 is 21.8 Å². The van der Waals surface area contributed by atoms with Crippen LogP contribution in [-0.4, -0.2) is 125 Å². The number of morpholine rings is 2. The first-order valence-electron chi connectivity index (χ1n) is 11.0. The maximum Gasteiger partial charge on any atom is 0.253 e. The quantitative estimate of drug-likeness (QED) is 0.567. The van der Waals surface area contributed by atoms with Gasteiger partial charge in [0, 0.05) is 57.9 Å². The highest BCUT2D eigenvalue weighted by Gasteiger charge is 2.28. The molecule has 176 valence electrons. The molecule has 3 aliphatic heterocycles. The van der Waals surface area contributed by atoms with E-state index < -0.39 is 10.0 Å². The van der Waals surface area contributed by atoms with E-state index >= 15 is 0 Å². The molecule has 0 spiro atoms. The summed E-state index contributed by atoms with van der Waals surface area (Å²) in [7, 11) is -3.59. The van der Waals surface area contributed by atoms with Crippen LogP contribution in [-0.2, 0) is 24.3 Å². The maximum absolute atomic E-state index is 12.9. The highest BCUT2D eigenvalue weighted by Crippen LogP contribution is 2.19. The number of hydrogen-bond donors (Lipinski definition) is 0. The van der Waals surface area contributed by atoms with Crippen LogP contribution < -0.4 is 0 Å². The monoisotopic (exact) mass is 466 g/mol. The van der Waals surface area contributed by atoms with Crippen molar-refractivity contribution < 1.29 is 27.5 Å². The van der Waals surface area contributed by atoms with Gasteiger partial charge in [0.1, 0.15) is 0 Å². The third-order valence-corrected chi connectivity index (χ3v) is 8.00. The molecular weight excluding hydrogens is 436 g/mol. The van der Waals surface area contributed by atoms with Gasteiger partial charge in [0.2, 0.25) is 15.9 Å². The van der Waals surface area contributed by atoms with E-state index in [1.54, 1.807) is 21.9 Å². The van der Waals surface area contributed by atoms with Crippen LogP contribution in [0.1, 0.15) is 10.4 Å². The molecule has 2 amide bonds. The number of hydrogen-bond acceptors (Lipinski definition) is 7. The summed E-state index contributed by atoms with van der Waals surface area (Å²) >= 11 is 0. The molecule has 0 atom stereocenters. The number of nitrogens with zero attached hydrogens (tertiary/aromatic N) is 4. The molecule has 1 aromatic carbocycles. The van der Waals surface area contributed by atoms with E-state index in [4.69, 9.17) is 9.47 Å². The Kier molecular flexibility index (Phi) is 7.41. The number of rotatable bonds is 5. The third-order valence-electron chi connectivity index (χ3n) is 6.09. The summed E-state index contributed by atoms with van der Waals surface area (Å²) in [5.74, 6) is -0.0720. The number of benzene rings is 1. The highest BCUT2D eigenvalue weighted by molar-refractivity contribution is 7.89.